The minimum Gasteiger partial charge on any atom is -0.483 e. The first-order chi connectivity index (χ1) is 18.2. The summed E-state index contributed by atoms with van der Waals surface area (Å²) in [6, 6.07) is 16.5. The van der Waals surface area contributed by atoms with E-state index in [1.165, 1.54) is 30.5 Å². The van der Waals surface area contributed by atoms with Gasteiger partial charge in [-0.3, -0.25) is 14.4 Å². The Labute approximate surface area is 219 Å². The number of fused-ring (bicyclic) bond motifs is 1. The number of furan rings is 1. The Morgan fingerprint density at radius 3 is 2.45 bits per heavy atom. The summed E-state index contributed by atoms with van der Waals surface area (Å²) < 4.78 is 25.0. The van der Waals surface area contributed by atoms with Gasteiger partial charge in [0.15, 0.2) is 6.61 Å². The van der Waals surface area contributed by atoms with Crippen LogP contribution < -0.4 is 21.1 Å². The third-order valence-electron chi connectivity index (χ3n) is 5.83. The fourth-order valence-electron chi connectivity index (χ4n) is 3.95. The Bertz CT molecular complexity index is 1460. The van der Waals surface area contributed by atoms with Crippen LogP contribution in [-0.2, 0) is 4.79 Å². The first-order valence-corrected chi connectivity index (χ1v) is 12.1. The highest BCUT2D eigenvalue weighted by Crippen LogP contribution is 2.33. The van der Waals surface area contributed by atoms with Gasteiger partial charge in [0.2, 0.25) is 0 Å². The number of carbonyl (C=O) groups is 3. The molecule has 0 bridgehead atoms. The number of nitrogens with one attached hydrogen (secondary N) is 2. The molecule has 1 heterocycles. The average molecular weight is 518 g/mol. The van der Waals surface area contributed by atoms with Gasteiger partial charge in [0, 0.05) is 23.1 Å². The van der Waals surface area contributed by atoms with Crippen LogP contribution in [0.4, 0.5) is 4.39 Å². The Morgan fingerprint density at radius 2 is 1.74 bits per heavy atom. The zero-order valence-corrected chi connectivity index (χ0v) is 21.0. The van der Waals surface area contributed by atoms with Crippen LogP contribution in [0.3, 0.4) is 0 Å². The lowest BCUT2D eigenvalue weighted by Gasteiger charge is -2.23. The number of primary amides is 1. The molecule has 0 aliphatic heterocycles. The highest BCUT2D eigenvalue weighted by Gasteiger charge is 2.25. The van der Waals surface area contributed by atoms with Gasteiger partial charge < -0.3 is 25.5 Å². The van der Waals surface area contributed by atoms with E-state index in [4.69, 9.17) is 14.9 Å². The van der Waals surface area contributed by atoms with Crippen LogP contribution in [0.25, 0.3) is 11.0 Å². The number of hydrogen-bond acceptors (Lipinski definition) is 5. The van der Waals surface area contributed by atoms with Crippen molar-refractivity contribution in [3.8, 4) is 5.75 Å². The quantitative estimate of drug-likeness (QED) is 0.289. The van der Waals surface area contributed by atoms with Crippen molar-refractivity contribution < 1.29 is 27.9 Å². The lowest BCUT2D eigenvalue weighted by atomic mass is 9.95. The third-order valence-corrected chi connectivity index (χ3v) is 5.83. The highest BCUT2D eigenvalue weighted by molar-refractivity contribution is 6.06. The van der Waals surface area contributed by atoms with Crippen LogP contribution in [0.2, 0.25) is 0 Å². The van der Waals surface area contributed by atoms with Gasteiger partial charge in [-0.1, -0.05) is 44.2 Å². The summed E-state index contributed by atoms with van der Waals surface area (Å²) in [6.45, 7) is 4.01. The zero-order valence-electron chi connectivity index (χ0n) is 21.0. The normalized spacial score (nSPS) is 11.8. The van der Waals surface area contributed by atoms with Crippen molar-refractivity contribution in [2.45, 2.75) is 19.9 Å². The van der Waals surface area contributed by atoms with Crippen LogP contribution >= 0.6 is 0 Å². The molecule has 0 aliphatic carbocycles. The fraction of sp³-hybridized carbons (Fsp3) is 0.207. The Morgan fingerprint density at radius 1 is 1.00 bits per heavy atom. The van der Waals surface area contributed by atoms with E-state index in [9.17, 15) is 18.8 Å². The van der Waals surface area contributed by atoms with Gasteiger partial charge in [-0.2, -0.15) is 0 Å². The van der Waals surface area contributed by atoms with Crippen LogP contribution in [0, 0.1) is 11.7 Å². The topological polar surface area (TPSA) is 124 Å². The molecule has 4 rings (SSSR count). The van der Waals surface area contributed by atoms with Crippen LogP contribution in [0.1, 0.15) is 51.7 Å². The van der Waals surface area contributed by atoms with Crippen LogP contribution in [0.15, 0.2) is 77.4 Å². The van der Waals surface area contributed by atoms with E-state index in [1.54, 1.807) is 42.5 Å². The molecule has 0 spiro atoms. The Kier molecular flexibility index (Phi) is 8.06. The van der Waals surface area contributed by atoms with Crippen molar-refractivity contribution in [1.29, 1.82) is 0 Å². The monoisotopic (exact) mass is 517 g/mol. The molecule has 1 aromatic heterocycles. The molecule has 0 fully saturated rings. The minimum absolute atomic E-state index is 0.232. The molecule has 0 saturated carbocycles. The lowest BCUT2D eigenvalue weighted by Crippen LogP contribution is -2.31. The molecule has 3 aromatic carbocycles. The molecule has 38 heavy (non-hydrogen) atoms. The van der Waals surface area contributed by atoms with Crippen molar-refractivity contribution in [2.24, 2.45) is 11.7 Å². The zero-order chi connectivity index (χ0) is 27.2. The third kappa shape index (κ3) is 6.18. The number of nitrogens with two attached hydrogens (primary N) is 1. The summed E-state index contributed by atoms with van der Waals surface area (Å²) in [5.74, 6) is -1.44. The smallest absolute Gasteiger partial charge is 0.255 e. The van der Waals surface area contributed by atoms with Crippen molar-refractivity contribution in [3.63, 3.8) is 0 Å². The van der Waals surface area contributed by atoms with Crippen molar-refractivity contribution in [2.75, 3.05) is 13.2 Å². The number of para-hydroxylation sites is 1. The van der Waals surface area contributed by atoms with Crippen LogP contribution in [-0.4, -0.2) is 30.9 Å². The summed E-state index contributed by atoms with van der Waals surface area (Å²) in [5.41, 5.74) is 7.37. The number of carbonyl (C=O) groups excluding carboxylic acids is 3. The van der Waals surface area contributed by atoms with E-state index in [-0.39, 0.29) is 17.6 Å². The molecule has 1 atom stereocenters. The van der Waals surface area contributed by atoms with Crippen molar-refractivity contribution in [1.82, 2.24) is 10.6 Å². The van der Waals surface area contributed by atoms with E-state index in [0.29, 0.717) is 39.8 Å². The maximum absolute atomic E-state index is 13.8. The van der Waals surface area contributed by atoms with Gasteiger partial charge in [-0.05, 0) is 47.9 Å². The SMILES string of the molecule is CC(C)CNC(=O)c1ccc(OCC(N)=O)c(C(NC(=O)c2coc3ccccc23)c2ccc(F)cc2)c1. The molecular formula is C29H28FN3O5. The number of rotatable bonds is 10. The maximum atomic E-state index is 13.8. The predicted octanol–water partition coefficient (Wildman–Crippen LogP) is 4.34. The lowest BCUT2D eigenvalue weighted by molar-refractivity contribution is -0.119. The van der Waals surface area contributed by atoms with E-state index < -0.39 is 30.3 Å². The molecule has 4 N–H and O–H groups in total. The maximum Gasteiger partial charge on any atom is 0.255 e. The van der Waals surface area contributed by atoms with E-state index in [0.717, 1.165) is 0 Å². The van der Waals surface area contributed by atoms with Crippen molar-refractivity contribution in [3.05, 3.63) is 101 Å². The molecule has 8 nitrogen and oxygen atoms in total. The molecular weight excluding hydrogens is 489 g/mol. The van der Waals surface area contributed by atoms with Gasteiger partial charge in [0.1, 0.15) is 23.4 Å². The van der Waals surface area contributed by atoms with Gasteiger partial charge >= 0.3 is 0 Å². The number of amides is 3. The largest absolute Gasteiger partial charge is 0.483 e. The van der Waals surface area contributed by atoms with Crippen molar-refractivity contribution >= 4 is 28.7 Å². The van der Waals surface area contributed by atoms with Crippen LogP contribution in [0.5, 0.6) is 5.75 Å². The second-order valence-electron chi connectivity index (χ2n) is 9.22. The van der Waals surface area contributed by atoms with Gasteiger partial charge in [-0.15, -0.1) is 0 Å². The predicted molar refractivity (Wildman–Crippen MR) is 140 cm³/mol. The van der Waals surface area contributed by atoms with E-state index >= 15 is 0 Å². The molecule has 1 unspecified atom stereocenters. The number of benzene rings is 3. The highest BCUT2D eigenvalue weighted by atomic mass is 19.1. The second-order valence-corrected chi connectivity index (χ2v) is 9.22. The first kappa shape index (κ1) is 26.4. The molecule has 9 heteroatoms. The molecule has 196 valence electrons. The van der Waals surface area contributed by atoms with Gasteiger partial charge in [-0.25, -0.2) is 4.39 Å². The standard InChI is InChI=1S/C29H28FN3O5/c1-17(2)14-32-28(35)19-9-12-25(38-16-26(31)34)22(13-19)27(18-7-10-20(30)11-8-18)33-29(36)23-15-37-24-6-4-3-5-21(23)24/h3-13,15,17,27H,14,16H2,1-2H3,(H2,31,34)(H,32,35)(H,33,36). The van der Waals surface area contributed by atoms with E-state index in [2.05, 4.69) is 10.6 Å². The van der Waals surface area contributed by atoms with Gasteiger partial charge in [0.05, 0.1) is 11.6 Å². The number of halogens is 1. The first-order valence-electron chi connectivity index (χ1n) is 12.1. The summed E-state index contributed by atoms with van der Waals surface area (Å²) in [7, 11) is 0. The summed E-state index contributed by atoms with van der Waals surface area (Å²) in [4.78, 5) is 37.8. The molecule has 3 amide bonds. The summed E-state index contributed by atoms with van der Waals surface area (Å²) in [5, 5.41) is 6.44. The average Bonchev–Trinajstić information content (AvgIpc) is 3.34. The molecule has 4 aromatic rings. The molecule has 0 saturated heterocycles. The second kappa shape index (κ2) is 11.6. The summed E-state index contributed by atoms with van der Waals surface area (Å²) in [6.07, 6.45) is 1.36. The minimum atomic E-state index is -0.877. The Balaban J connectivity index is 1.78. The Hall–Kier alpha value is -4.66. The van der Waals surface area contributed by atoms with Gasteiger partial charge in [0.25, 0.3) is 17.7 Å². The fourth-order valence-corrected chi connectivity index (χ4v) is 3.95. The number of hydrogen-bond donors (Lipinski definition) is 3. The summed E-state index contributed by atoms with van der Waals surface area (Å²) >= 11 is 0. The number of ether oxygens (including phenoxy) is 1. The van der Waals surface area contributed by atoms with E-state index in [1.807, 2.05) is 13.8 Å². The molecule has 0 aliphatic rings. The molecule has 0 radical (unpaired) electrons.